The van der Waals surface area contributed by atoms with Crippen LogP contribution in [0.1, 0.15) is 49.6 Å². The molecule has 2 aromatic rings. The molecule has 0 spiro atoms. The van der Waals surface area contributed by atoms with Crippen LogP contribution in [0.5, 0.6) is 0 Å². The van der Waals surface area contributed by atoms with Crippen molar-refractivity contribution in [1.29, 1.82) is 0 Å². The minimum Gasteiger partial charge on any atom is -0.466 e. The number of hydrogen-bond acceptors (Lipinski definition) is 4. The Morgan fingerprint density at radius 1 is 1.23 bits per heavy atom. The molecule has 1 aliphatic carbocycles. The minimum absolute atomic E-state index is 0. The summed E-state index contributed by atoms with van der Waals surface area (Å²) in [6, 6.07) is 10.7. The molecule has 1 aromatic carbocycles. The van der Waals surface area contributed by atoms with Crippen LogP contribution in [-0.2, 0) is 16.1 Å². The lowest BCUT2D eigenvalue weighted by Crippen LogP contribution is -2.45. The Morgan fingerprint density at radius 2 is 1.94 bits per heavy atom. The van der Waals surface area contributed by atoms with Crippen LogP contribution in [0.15, 0.2) is 35.3 Å². The second-order valence-corrected chi connectivity index (χ2v) is 7.84. The number of halogens is 1. The maximum absolute atomic E-state index is 11.9. The first-order valence-corrected chi connectivity index (χ1v) is 10.8. The lowest BCUT2D eigenvalue weighted by Gasteiger charge is -2.29. The summed E-state index contributed by atoms with van der Waals surface area (Å²) in [4.78, 5) is 16.3. The van der Waals surface area contributed by atoms with Gasteiger partial charge in [0.15, 0.2) is 5.96 Å². The van der Waals surface area contributed by atoms with Crippen LogP contribution in [0.2, 0.25) is 0 Å². The molecule has 1 fully saturated rings. The molecule has 0 atom stereocenters. The third kappa shape index (κ3) is 6.69. The number of nitrogens with one attached hydrogen (secondary N) is 2. The summed E-state index contributed by atoms with van der Waals surface area (Å²) in [5, 5.41) is 11.6. The van der Waals surface area contributed by atoms with E-state index in [9.17, 15) is 4.79 Å². The zero-order valence-corrected chi connectivity index (χ0v) is 21.2. The van der Waals surface area contributed by atoms with Gasteiger partial charge in [0.25, 0.3) is 0 Å². The average Bonchev–Trinajstić information content (AvgIpc) is 3.09. The van der Waals surface area contributed by atoms with E-state index in [-0.39, 0.29) is 35.9 Å². The van der Waals surface area contributed by atoms with Crippen LogP contribution in [0.3, 0.4) is 0 Å². The Kier molecular flexibility index (Phi) is 9.80. The fourth-order valence-corrected chi connectivity index (χ4v) is 4.04. The number of aryl methyl sites for hydroxylation is 2. The zero-order chi connectivity index (χ0) is 21.5. The number of nitrogens with zero attached hydrogens (tertiary/aromatic N) is 3. The van der Waals surface area contributed by atoms with Gasteiger partial charge in [-0.15, -0.1) is 24.0 Å². The number of benzene rings is 1. The van der Waals surface area contributed by atoms with E-state index in [4.69, 9.17) is 4.74 Å². The maximum Gasteiger partial charge on any atom is 0.308 e. The van der Waals surface area contributed by atoms with Gasteiger partial charge in [0.1, 0.15) is 0 Å². The fourth-order valence-electron chi connectivity index (χ4n) is 4.04. The normalized spacial score (nSPS) is 18.8. The Bertz CT molecular complexity index is 888. The van der Waals surface area contributed by atoms with E-state index >= 15 is 0 Å². The summed E-state index contributed by atoms with van der Waals surface area (Å²) in [5.41, 5.74) is 4.34. The van der Waals surface area contributed by atoms with Crippen molar-refractivity contribution in [3.63, 3.8) is 0 Å². The highest BCUT2D eigenvalue weighted by molar-refractivity contribution is 14.0. The lowest BCUT2D eigenvalue weighted by atomic mass is 9.86. The molecular weight excluding hydrogens is 505 g/mol. The number of esters is 1. The van der Waals surface area contributed by atoms with E-state index in [1.165, 1.54) is 0 Å². The van der Waals surface area contributed by atoms with Crippen LogP contribution in [0, 0.1) is 19.8 Å². The molecule has 3 rings (SSSR count). The highest BCUT2D eigenvalue weighted by atomic mass is 127. The Hall–Kier alpha value is -2.10. The predicted octanol–water partition coefficient (Wildman–Crippen LogP) is 3.89. The van der Waals surface area contributed by atoms with Crippen molar-refractivity contribution < 1.29 is 9.53 Å². The topological polar surface area (TPSA) is 80.5 Å². The standard InChI is InChI=1S/C23H33N5O2.HI/c1-5-30-22(29)18-10-12-20(13-11-18)26-23(24-4)25-15-19-8-6-7-9-21(19)28-17(3)14-16(2)27-28;/h6-9,14,18,20H,5,10-13,15H2,1-4H3,(H2,24,25,26);1H. The van der Waals surface area contributed by atoms with Crippen molar-refractivity contribution in [1.82, 2.24) is 20.4 Å². The van der Waals surface area contributed by atoms with E-state index in [1.54, 1.807) is 7.05 Å². The summed E-state index contributed by atoms with van der Waals surface area (Å²) < 4.78 is 7.15. The SMILES string of the molecule is CCOC(=O)C1CCC(NC(=NC)NCc2ccccc2-n2nc(C)cc2C)CC1.I. The minimum atomic E-state index is -0.0563. The molecule has 1 heterocycles. The van der Waals surface area contributed by atoms with Gasteiger partial charge in [-0.25, -0.2) is 4.68 Å². The quantitative estimate of drug-likeness (QED) is 0.252. The van der Waals surface area contributed by atoms with Gasteiger partial charge >= 0.3 is 5.97 Å². The lowest BCUT2D eigenvalue weighted by molar-refractivity contribution is -0.149. The molecule has 0 saturated heterocycles. The number of para-hydroxylation sites is 1. The van der Waals surface area contributed by atoms with Crippen LogP contribution in [-0.4, -0.2) is 41.4 Å². The summed E-state index contributed by atoms with van der Waals surface area (Å²) in [6.45, 7) is 7.02. The van der Waals surface area contributed by atoms with E-state index in [0.717, 1.165) is 54.3 Å². The first-order valence-electron chi connectivity index (χ1n) is 10.8. The monoisotopic (exact) mass is 539 g/mol. The van der Waals surface area contributed by atoms with Crippen molar-refractivity contribution in [2.24, 2.45) is 10.9 Å². The molecule has 2 N–H and O–H groups in total. The Labute approximate surface area is 202 Å². The van der Waals surface area contributed by atoms with Crippen molar-refractivity contribution in [3.05, 3.63) is 47.3 Å². The molecule has 31 heavy (non-hydrogen) atoms. The number of ether oxygens (including phenoxy) is 1. The Morgan fingerprint density at radius 3 is 2.55 bits per heavy atom. The Balaban J connectivity index is 0.00000341. The third-order valence-electron chi connectivity index (χ3n) is 5.59. The van der Waals surface area contributed by atoms with Crippen molar-refractivity contribution >= 4 is 35.9 Å². The first-order chi connectivity index (χ1) is 14.5. The summed E-state index contributed by atoms with van der Waals surface area (Å²) >= 11 is 0. The highest BCUT2D eigenvalue weighted by Gasteiger charge is 2.27. The summed E-state index contributed by atoms with van der Waals surface area (Å²) in [7, 11) is 1.78. The molecule has 0 unspecified atom stereocenters. The molecule has 1 saturated carbocycles. The number of rotatable bonds is 6. The van der Waals surface area contributed by atoms with E-state index in [1.807, 2.05) is 30.7 Å². The summed E-state index contributed by atoms with van der Waals surface area (Å²) in [6.07, 6.45) is 3.58. The van der Waals surface area contributed by atoms with Gasteiger partial charge in [-0.2, -0.15) is 5.10 Å². The third-order valence-corrected chi connectivity index (χ3v) is 5.59. The van der Waals surface area contributed by atoms with Gasteiger partial charge in [0.05, 0.1) is 23.9 Å². The van der Waals surface area contributed by atoms with E-state index in [2.05, 4.69) is 45.8 Å². The zero-order valence-electron chi connectivity index (χ0n) is 18.9. The molecule has 1 aliphatic rings. The maximum atomic E-state index is 11.9. The van der Waals surface area contributed by atoms with Gasteiger partial charge in [0, 0.05) is 25.3 Å². The van der Waals surface area contributed by atoms with E-state index in [0.29, 0.717) is 19.2 Å². The number of hydrogen-bond donors (Lipinski definition) is 2. The molecule has 1 aromatic heterocycles. The van der Waals surface area contributed by atoms with Crippen LogP contribution in [0.4, 0.5) is 0 Å². The fraction of sp³-hybridized carbons (Fsp3) is 0.522. The summed E-state index contributed by atoms with van der Waals surface area (Å²) in [5.74, 6) is 0.752. The van der Waals surface area contributed by atoms with E-state index < -0.39 is 0 Å². The van der Waals surface area contributed by atoms with Crippen LogP contribution >= 0.6 is 24.0 Å². The van der Waals surface area contributed by atoms with Gasteiger partial charge in [0.2, 0.25) is 0 Å². The van der Waals surface area contributed by atoms with Gasteiger partial charge in [-0.3, -0.25) is 9.79 Å². The molecule has 7 nitrogen and oxygen atoms in total. The van der Waals surface area contributed by atoms with Gasteiger partial charge in [-0.05, 0) is 64.2 Å². The van der Waals surface area contributed by atoms with Crippen molar-refractivity contribution in [3.8, 4) is 5.69 Å². The average molecular weight is 539 g/mol. The molecule has 0 amide bonds. The number of carbonyl (C=O) groups excluding carboxylic acids is 1. The van der Waals surface area contributed by atoms with Gasteiger partial charge in [-0.1, -0.05) is 18.2 Å². The molecule has 0 aliphatic heterocycles. The molecule has 8 heteroatoms. The first kappa shape index (κ1) is 25.2. The number of guanidine groups is 1. The highest BCUT2D eigenvalue weighted by Crippen LogP contribution is 2.25. The number of carbonyl (C=O) groups is 1. The molecule has 0 bridgehead atoms. The second-order valence-electron chi connectivity index (χ2n) is 7.84. The predicted molar refractivity (Wildman–Crippen MR) is 134 cm³/mol. The van der Waals surface area contributed by atoms with Gasteiger partial charge < -0.3 is 15.4 Å². The molecule has 170 valence electrons. The van der Waals surface area contributed by atoms with Crippen molar-refractivity contribution in [2.45, 2.75) is 59.0 Å². The molecule has 0 radical (unpaired) electrons. The number of aliphatic imine (C=N–C) groups is 1. The van der Waals surface area contributed by atoms with Crippen molar-refractivity contribution in [2.75, 3.05) is 13.7 Å². The smallest absolute Gasteiger partial charge is 0.308 e. The largest absolute Gasteiger partial charge is 0.466 e. The second kappa shape index (κ2) is 12.1. The number of aromatic nitrogens is 2. The van der Waals surface area contributed by atoms with Crippen LogP contribution in [0.25, 0.3) is 5.69 Å². The van der Waals surface area contributed by atoms with Crippen LogP contribution < -0.4 is 10.6 Å². The molecular formula is C23H34IN5O2.